The fourth-order valence-corrected chi connectivity index (χ4v) is 4.94. The Morgan fingerprint density at radius 3 is 2.59 bits per heavy atom. The number of ketones is 1. The lowest BCUT2D eigenvalue weighted by molar-refractivity contribution is -0.139. The van der Waals surface area contributed by atoms with E-state index in [2.05, 4.69) is 4.98 Å². The zero-order chi connectivity index (χ0) is 26.1. The van der Waals surface area contributed by atoms with Crippen molar-refractivity contribution in [2.45, 2.75) is 38.5 Å². The predicted octanol–water partition coefficient (Wildman–Crippen LogP) is 3.51. The average Bonchev–Trinajstić information content (AvgIpc) is 3.62. The minimum atomic E-state index is -0.807. The number of aromatic nitrogens is 2. The summed E-state index contributed by atoms with van der Waals surface area (Å²) in [7, 11) is 1.30. The maximum atomic E-state index is 13.3. The van der Waals surface area contributed by atoms with Gasteiger partial charge in [0, 0.05) is 37.5 Å². The molecule has 9 heteroatoms. The van der Waals surface area contributed by atoms with Crippen LogP contribution in [0.2, 0.25) is 0 Å². The third-order valence-electron chi connectivity index (χ3n) is 6.73. The van der Waals surface area contributed by atoms with Crippen LogP contribution in [-0.4, -0.2) is 57.0 Å². The number of hydrogen-bond acceptors (Lipinski definition) is 7. The molecule has 2 aliphatic rings. The van der Waals surface area contributed by atoms with Gasteiger partial charge in [-0.2, -0.15) is 0 Å². The molecule has 2 atom stereocenters. The first-order chi connectivity index (χ1) is 17.9. The molecule has 9 nitrogen and oxygen atoms in total. The molecule has 3 heterocycles. The Bertz CT molecular complexity index is 1380. The number of rotatable bonds is 7. The Morgan fingerprint density at radius 1 is 1.14 bits per heavy atom. The molecule has 1 aromatic heterocycles. The smallest absolute Gasteiger partial charge is 0.337 e. The highest BCUT2D eigenvalue weighted by molar-refractivity contribution is 6.46. The second kappa shape index (κ2) is 9.93. The molecule has 2 aliphatic heterocycles. The molecule has 37 heavy (non-hydrogen) atoms. The first-order valence-corrected chi connectivity index (χ1v) is 12.1. The van der Waals surface area contributed by atoms with E-state index in [0.717, 1.165) is 11.3 Å². The van der Waals surface area contributed by atoms with Gasteiger partial charge in [-0.05, 0) is 54.8 Å². The van der Waals surface area contributed by atoms with Crippen LogP contribution in [0.1, 0.15) is 46.4 Å². The number of Topliss-reactive ketones (excluding diaryl/α,β-unsaturated/α-hetero) is 1. The molecule has 0 bridgehead atoms. The maximum absolute atomic E-state index is 13.3. The lowest BCUT2D eigenvalue weighted by Crippen LogP contribution is -2.31. The summed E-state index contributed by atoms with van der Waals surface area (Å²) in [6.45, 7) is 2.87. The zero-order valence-corrected chi connectivity index (χ0v) is 20.6. The maximum Gasteiger partial charge on any atom is 0.337 e. The standard InChI is InChI=1S/C28H27N3O6/c1-17-14-21-15-20(8-9-22(21)37-17)25(32)23-24(18-4-6-19(7-5-18)28(35)36-2)31(27(34)26(23)33)12-3-11-30-13-10-29-16-30/h4-10,13,15-17,24,32H,3,11-12,14H2,1-2H3/b25-23+/t17-,24+/m0/s1. The second-order valence-electron chi connectivity index (χ2n) is 9.22. The molecule has 1 amide bonds. The number of likely N-dealkylation sites (tertiary alicyclic amines) is 1. The van der Waals surface area contributed by atoms with Crippen LogP contribution in [0, 0.1) is 0 Å². The van der Waals surface area contributed by atoms with Crippen LogP contribution in [0.5, 0.6) is 5.75 Å². The van der Waals surface area contributed by atoms with Gasteiger partial charge in [-0.15, -0.1) is 0 Å². The van der Waals surface area contributed by atoms with Crippen LogP contribution in [0.4, 0.5) is 0 Å². The largest absolute Gasteiger partial charge is 0.507 e. The predicted molar refractivity (Wildman–Crippen MR) is 134 cm³/mol. The lowest BCUT2D eigenvalue weighted by Gasteiger charge is -2.25. The Morgan fingerprint density at radius 2 is 1.89 bits per heavy atom. The van der Waals surface area contributed by atoms with Crippen molar-refractivity contribution < 1.29 is 29.0 Å². The van der Waals surface area contributed by atoms with Crippen molar-refractivity contribution in [1.29, 1.82) is 0 Å². The van der Waals surface area contributed by atoms with E-state index >= 15 is 0 Å². The average molecular weight is 502 g/mol. The third kappa shape index (κ3) is 4.60. The van der Waals surface area contributed by atoms with Gasteiger partial charge in [0.15, 0.2) is 0 Å². The number of hydrogen-bond donors (Lipinski definition) is 1. The Labute approximate surface area is 213 Å². The van der Waals surface area contributed by atoms with Crippen molar-refractivity contribution in [3.8, 4) is 5.75 Å². The first kappa shape index (κ1) is 24.3. The third-order valence-corrected chi connectivity index (χ3v) is 6.73. The van der Waals surface area contributed by atoms with Crippen molar-refractivity contribution in [3.63, 3.8) is 0 Å². The van der Waals surface area contributed by atoms with Gasteiger partial charge in [-0.25, -0.2) is 9.78 Å². The van der Waals surface area contributed by atoms with Gasteiger partial charge >= 0.3 is 5.97 Å². The minimum absolute atomic E-state index is 0.0189. The summed E-state index contributed by atoms with van der Waals surface area (Å²) in [5.41, 5.74) is 2.35. The normalized spacial score (nSPS) is 20.1. The molecule has 3 aromatic rings. The Hall–Kier alpha value is -4.40. The molecule has 1 fully saturated rings. The lowest BCUT2D eigenvalue weighted by atomic mass is 9.94. The number of nitrogens with zero attached hydrogens (tertiary/aromatic N) is 3. The van der Waals surface area contributed by atoms with Crippen molar-refractivity contribution in [2.75, 3.05) is 13.7 Å². The van der Waals surface area contributed by atoms with Crippen molar-refractivity contribution in [3.05, 3.63) is 89.0 Å². The van der Waals surface area contributed by atoms with Gasteiger partial charge < -0.3 is 24.0 Å². The highest BCUT2D eigenvalue weighted by atomic mass is 16.5. The van der Waals surface area contributed by atoms with Crippen LogP contribution in [-0.2, 0) is 27.3 Å². The SMILES string of the molecule is COC(=O)c1ccc([C@@H]2/C(=C(\O)c3ccc4c(c3)C[C@H](C)O4)C(=O)C(=O)N2CCCn2ccnc2)cc1. The molecule has 0 aliphatic carbocycles. The van der Waals surface area contributed by atoms with E-state index in [1.807, 2.05) is 17.7 Å². The Kier molecular flexibility index (Phi) is 6.52. The molecule has 190 valence electrons. The Balaban J connectivity index is 1.53. The molecule has 0 unspecified atom stereocenters. The number of methoxy groups -OCH3 is 1. The molecule has 0 spiro atoms. The number of imidazole rings is 1. The summed E-state index contributed by atoms with van der Waals surface area (Å²) >= 11 is 0. The molecule has 5 rings (SSSR count). The van der Waals surface area contributed by atoms with Crippen molar-refractivity contribution in [1.82, 2.24) is 14.5 Å². The van der Waals surface area contributed by atoms with E-state index in [1.54, 1.807) is 55.0 Å². The minimum Gasteiger partial charge on any atom is -0.507 e. The summed E-state index contributed by atoms with van der Waals surface area (Å²) in [4.78, 5) is 43.9. The van der Waals surface area contributed by atoms with E-state index in [1.165, 1.54) is 12.0 Å². The molecular formula is C28H27N3O6. The summed E-state index contributed by atoms with van der Waals surface area (Å²) in [6.07, 6.45) is 6.50. The monoisotopic (exact) mass is 501 g/mol. The van der Waals surface area contributed by atoms with Gasteiger partial charge in [0.2, 0.25) is 0 Å². The van der Waals surface area contributed by atoms with Gasteiger partial charge in [-0.1, -0.05) is 12.1 Å². The molecule has 1 saturated heterocycles. The molecule has 0 radical (unpaired) electrons. The van der Waals surface area contributed by atoms with Gasteiger partial charge in [0.1, 0.15) is 17.6 Å². The zero-order valence-electron chi connectivity index (χ0n) is 20.6. The van der Waals surface area contributed by atoms with Gasteiger partial charge in [0.25, 0.3) is 11.7 Å². The number of aliphatic hydroxyl groups excluding tert-OH is 1. The number of amides is 1. The number of aryl methyl sites for hydroxylation is 1. The summed E-state index contributed by atoms with van der Waals surface area (Å²) in [6, 6.07) is 11.0. The number of esters is 1. The summed E-state index contributed by atoms with van der Waals surface area (Å²) in [5, 5.41) is 11.4. The van der Waals surface area contributed by atoms with Crippen LogP contribution >= 0.6 is 0 Å². The van der Waals surface area contributed by atoms with Crippen LogP contribution in [0.3, 0.4) is 0 Å². The number of carbonyl (C=O) groups is 3. The highest BCUT2D eigenvalue weighted by Crippen LogP contribution is 2.40. The molecule has 1 N–H and O–H groups in total. The number of carbonyl (C=O) groups excluding carboxylic acids is 3. The van der Waals surface area contributed by atoms with Gasteiger partial charge in [0.05, 0.1) is 30.6 Å². The van der Waals surface area contributed by atoms with Gasteiger partial charge in [-0.3, -0.25) is 9.59 Å². The van der Waals surface area contributed by atoms with Crippen LogP contribution < -0.4 is 4.74 Å². The van der Waals surface area contributed by atoms with Crippen LogP contribution in [0.25, 0.3) is 5.76 Å². The van der Waals surface area contributed by atoms with E-state index in [0.29, 0.717) is 42.6 Å². The summed E-state index contributed by atoms with van der Waals surface area (Å²) in [5.74, 6) is -1.39. The fourth-order valence-electron chi connectivity index (χ4n) is 4.94. The first-order valence-electron chi connectivity index (χ1n) is 12.1. The highest BCUT2D eigenvalue weighted by Gasteiger charge is 2.46. The quantitative estimate of drug-likeness (QED) is 0.228. The van der Waals surface area contributed by atoms with Crippen LogP contribution in [0.15, 0.2) is 66.8 Å². The number of aliphatic hydroxyl groups is 1. The van der Waals surface area contributed by atoms with E-state index in [9.17, 15) is 19.5 Å². The van der Waals surface area contributed by atoms with Crippen molar-refractivity contribution in [2.24, 2.45) is 0 Å². The number of benzene rings is 2. The number of fused-ring (bicyclic) bond motifs is 1. The summed E-state index contributed by atoms with van der Waals surface area (Å²) < 4.78 is 12.4. The molecule has 2 aromatic carbocycles. The van der Waals surface area contributed by atoms with E-state index in [-0.39, 0.29) is 17.4 Å². The topological polar surface area (TPSA) is 111 Å². The van der Waals surface area contributed by atoms with Crippen molar-refractivity contribution >= 4 is 23.4 Å². The fraction of sp³-hybridized carbons (Fsp3) is 0.286. The number of ether oxygens (including phenoxy) is 2. The van der Waals surface area contributed by atoms with E-state index in [4.69, 9.17) is 9.47 Å². The van der Waals surface area contributed by atoms with E-state index < -0.39 is 23.7 Å². The second-order valence-corrected chi connectivity index (χ2v) is 9.22. The molecular weight excluding hydrogens is 474 g/mol. The molecule has 0 saturated carbocycles.